The van der Waals surface area contributed by atoms with Crippen LogP contribution in [0.5, 0.6) is 0 Å². The number of hydrogen-bond donors (Lipinski definition) is 1. The number of ketones is 1. The second-order valence-corrected chi connectivity index (χ2v) is 10.7. The van der Waals surface area contributed by atoms with Crippen molar-refractivity contribution in [2.75, 3.05) is 0 Å². The molecule has 0 aliphatic heterocycles. The molecule has 0 saturated heterocycles. The molecule has 0 bridgehead atoms. The topological polar surface area (TPSA) is 144 Å². The van der Waals surface area contributed by atoms with E-state index in [0.29, 0.717) is 11.1 Å². The number of pyridine rings is 1. The zero-order chi connectivity index (χ0) is 32.8. The Morgan fingerprint density at radius 2 is 1.85 bits per heavy atom. The fourth-order valence-electron chi connectivity index (χ4n) is 4.69. The molecular formula is C31H25ClF3N9O2. The van der Waals surface area contributed by atoms with Gasteiger partial charge in [-0.1, -0.05) is 41.9 Å². The van der Waals surface area contributed by atoms with Crippen LogP contribution in [0, 0.1) is 18.3 Å². The number of aryl methyl sites for hydroxylation is 2. The summed E-state index contributed by atoms with van der Waals surface area (Å²) in [6.07, 6.45) is -4.65. The summed E-state index contributed by atoms with van der Waals surface area (Å²) in [7, 11) is 0. The molecule has 5 aromatic rings. The van der Waals surface area contributed by atoms with Crippen molar-refractivity contribution in [1.82, 2.24) is 40.3 Å². The van der Waals surface area contributed by atoms with Gasteiger partial charge in [-0.15, -0.1) is 10.2 Å². The fourth-order valence-corrected chi connectivity index (χ4v) is 4.89. The van der Waals surface area contributed by atoms with Crippen LogP contribution in [0.2, 0.25) is 5.02 Å². The first-order valence-corrected chi connectivity index (χ1v) is 14.3. The Bertz CT molecular complexity index is 1930. The second kappa shape index (κ2) is 13.7. The molecule has 0 spiro atoms. The maximum Gasteiger partial charge on any atom is 0.389 e. The van der Waals surface area contributed by atoms with Gasteiger partial charge in [0.25, 0.3) is 5.91 Å². The van der Waals surface area contributed by atoms with E-state index >= 15 is 0 Å². The van der Waals surface area contributed by atoms with Crippen LogP contribution in [-0.2, 0) is 25.9 Å². The Hall–Kier alpha value is -5.42. The van der Waals surface area contributed by atoms with Crippen molar-refractivity contribution in [2.24, 2.45) is 0 Å². The number of hydrogen-bond acceptors (Lipinski definition) is 8. The minimum Gasteiger partial charge on any atom is -0.348 e. The molecule has 1 amide bonds. The standard InChI is InChI=1S/C31H25ClF3N9O2/c1-19-12-21(16-36)13-24(30(46)38-17-20-6-3-2-4-7-20)23(19)15-27(45)26-14-22(40-44(26)29-25(32)8-5-11-37-29)18-43-41-28(39-42-43)9-10-31(33,34)35/h2-8,11-14H,9-10,15,17-18H2,1H3,(H,38,46). The maximum atomic E-state index is 13.9. The van der Waals surface area contributed by atoms with Gasteiger partial charge in [0.05, 0.1) is 28.8 Å². The fraction of sp³-hybridized carbons (Fsp3) is 0.226. The molecule has 0 saturated carbocycles. The monoisotopic (exact) mass is 647 g/mol. The summed E-state index contributed by atoms with van der Waals surface area (Å²) < 4.78 is 39.1. The van der Waals surface area contributed by atoms with E-state index < -0.39 is 30.7 Å². The number of halogens is 4. The summed E-state index contributed by atoms with van der Waals surface area (Å²) in [6, 6.07) is 19.0. The van der Waals surface area contributed by atoms with Crippen LogP contribution in [0.1, 0.15) is 61.0 Å². The molecular weight excluding hydrogens is 623 g/mol. The van der Waals surface area contributed by atoms with Crippen LogP contribution in [-0.4, -0.2) is 52.8 Å². The van der Waals surface area contributed by atoms with E-state index in [2.05, 4.69) is 36.9 Å². The van der Waals surface area contributed by atoms with E-state index in [1.807, 2.05) is 30.3 Å². The van der Waals surface area contributed by atoms with Gasteiger partial charge in [-0.25, -0.2) is 9.67 Å². The molecule has 11 nitrogen and oxygen atoms in total. The van der Waals surface area contributed by atoms with Gasteiger partial charge in [-0.05, 0) is 59.2 Å². The van der Waals surface area contributed by atoms with Gasteiger partial charge in [0.1, 0.15) is 12.2 Å². The van der Waals surface area contributed by atoms with Crippen molar-refractivity contribution < 1.29 is 22.8 Å². The van der Waals surface area contributed by atoms with Gasteiger partial charge in [0.15, 0.2) is 17.4 Å². The number of nitrogens with zero attached hydrogens (tertiary/aromatic N) is 8. The molecule has 234 valence electrons. The van der Waals surface area contributed by atoms with Crippen molar-refractivity contribution in [1.29, 1.82) is 5.26 Å². The second-order valence-electron chi connectivity index (χ2n) is 10.3. The van der Waals surface area contributed by atoms with E-state index in [4.69, 9.17) is 11.6 Å². The van der Waals surface area contributed by atoms with E-state index in [1.165, 1.54) is 23.0 Å². The number of aromatic nitrogens is 7. The summed E-state index contributed by atoms with van der Waals surface area (Å²) in [5.41, 5.74) is 2.66. The van der Waals surface area contributed by atoms with Gasteiger partial charge in [0.2, 0.25) is 0 Å². The minimum absolute atomic E-state index is 0.0763. The Balaban J connectivity index is 1.45. The molecule has 0 fully saturated rings. The van der Waals surface area contributed by atoms with Crippen molar-refractivity contribution in [3.8, 4) is 11.9 Å². The van der Waals surface area contributed by atoms with Crippen molar-refractivity contribution >= 4 is 23.3 Å². The molecule has 1 N–H and O–H groups in total. The Labute approximate surface area is 265 Å². The Morgan fingerprint density at radius 3 is 2.57 bits per heavy atom. The van der Waals surface area contributed by atoms with Crippen LogP contribution in [0.25, 0.3) is 5.82 Å². The number of carbonyl (C=O) groups is 2. The minimum atomic E-state index is -4.36. The zero-order valence-corrected chi connectivity index (χ0v) is 25.0. The quantitative estimate of drug-likeness (QED) is 0.198. The molecule has 2 aromatic carbocycles. The average molecular weight is 648 g/mol. The summed E-state index contributed by atoms with van der Waals surface area (Å²) in [6.45, 7) is 1.84. The third kappa shape index (κ3) is 7.80. The van der Waals surface area contributed by atoms with Gasteiger partial charge in [-0.3, -0.25) is 9.59 Å². The molecule has 15 heteroatoms. The lowest BCUT2D eigenvalue weighted by molar-refractivity contribution is -0.134. The smallest absolute Gasteiger partial charge is 0.348 e. The third-order valence-electron chi connectivity index (χ3n) is 6.90. The molecule has 0 unspecified atom stereocenters. The highest BCUT2D eigenvalue weighted by Gasteiger charge is 2.28. The Kier molecular flexibility index (Phi) is 9.53. The predicted octanol–water partition coefficient (Wildman–Crippen LogP) is 4.99. The third-order valence-corrected chi connectivity index (χ3v) is 7.19. The number of benzene rings is 2. The number of amides is 1. The van der Waals surface area contributed by atoms with Gasteiger partial charge < -0.3 is 5.32 Å². The summed E-state index contributed by atoms with van der Waals surface area (Å²) in [5, 5.41) is 28.6. The lowest BCUT2D eigenvalue weighted by Gasteiger charge is -2.14. The number of rotatable bonds is 11. The summed E-state index contributed by atoms with van der Waals surface area (Å²) in [4.78, 5) is 32.6. The van der Waals surface area contributed by atoms with Crippen LogP contribution in [0.4, 0.5) is 13.2 Å². The molecule has 0 radical (unpaired) electrons. The first kappa shape index (κ1) is 32.0. The van der Waals surface area contributed by atoms with Crippen LogP contribution >= 0.6 is 11.6 Å². The maximum absolute atomic E-state index is 13.9. The summed E-state index contributed by atoms with van der Waals surface area (Å²) >= 11 is 6.40. The highest BCUT2D eigenvalue weighted by atomic mass is 35.5. The molecule has 0 aliphatic rings. The molecule has 5 rings (SSSR count). The first-order valence-electron chi connectivity index (χ1n) is 13.9. The predicted molar refractivity (Wildman–Crippen MR) is 159 cm³/mol. The molecule has 0 atom stereocenters. The number of carbonyl (C=O) groups excluding carboxylic acids is 2. The van der Waals surface area contributed by atoms with E-state index in [1.54, 1.807) is 25.1 Å². The van der Waals surface area contributed by atoms with Crippen molar-refractivity contribution in [3.05, 3.63) is 117 Å². The molecule has 3 aromatic heterocycles. The molecule has 3 heterocycles. The van der Waals surface area contributed by atoms with Crippen molar-refractivity contribution in [3.63, 3.8) is 0 Å². The largest absolute Gasteiger partial charge is 0.389 e. The number of Topliss-reactive ketones (excluding diaryl/α,β-unsaturated/α-hetero) is 1. The van der Waals surface area contributed by atoms with E-state index in [0.717, 1.165) is 10.4 Å². The number of alkyl halides is 3. The molecule has 0 aliphatic carbocycles. The van der Waals surface area contributed by atoms with Gasteiger partial charge >= 0.3 is 6.18 Å². The van der Waals surface area contributed by atoms with Gasteiger partial charge in [0, 0.05) is 31.1 Å². The van der Waals surface area contributed by atoms with Crippen LogP contribution in [0.3, 0.4) is 0 Å². The highest BCUT2D eigenvalue weighted by molar-refractivity contribution is 6.32. The number of nitrogens with one attached hydrogen (secondary N) is 1. The Morgan fingerprint density at radius 1 is 1.07 bits per heavy atom. The summed E-state index contributed by atoms with van der Waals surface area (Å²) in [5.74, 6) is -0.820. The average Bonchev–Trinajstić information content (AvgIpc) is 3.67. The van der Waals surface area contributed by atoms with E-state index in [9.17, 15) is 28.0 Å². The normalized spacial score (nSPS) is 11.3. The van der Waals surface area contributed by atoms with Gasteiger partial charge in [-0.2, -0.15) is 28.3 Å². The van der Waals surface area contributed by atoms with Crippen LogP contribution < -0.4 is 5.32 Å². The zero-order valence-electron chi connectivity index (χ0n) is 24.3. The lowest BCUT2D eigenvalue weighted by Crippen LogP contribution is -2.25. The lowest BCUT2D eigenvalue weighted by atomic mass is 9.93. The first-order chi connectivity index (χ1) is 22.0. The van der Waals surface area contributed by atoms with Crippen molar-refractivity contribution in [2.45, 2.75) is 45.5 Å². The SMILES string of the molecule is Cc1cc(C#N)cc(C(=O)NCc2ccccc2)c1CC(=O)c1cc(Cn2nnc(CCC(F)(F)F)n2)nn1-c1ncccc1Cl. The van der Waals surface area contributed by atoms with Crippen LogP contribution in [0.15, 0.2) is 66.9 Å². The highest BCUT2D eigenvalue weighted by Crippen LogP contribution is 2.24. The number of nitriles is 1. The van der Waals surface area contributed by atoms with E-state index in [-0.39, 0.29) is 58.7 Å². The number of tetrazole rings is 1. The molecule has 46 heavy (non-hydrogen) atoms.